The molecule has 3 rings (SSSR count). The second kappa shape index (κ2) is 6.32. The first-order chi connectivity index (χ1) is 10.6. The van der Waals surface area contributed by atoms with E-state index in [9.17, 15) is 4.39 Å². The van der Waals surface area contributed by atoms with E-state index in [2.05, 4.69) is 15.0 Å². The third kappa shape index (κ3) is 2.99. The van der Waals surface area contributed by atoms with Crippen LogP contribution in [0, 0.1) is 12.7 Å². The van der Waals surface area contributed by atoms with E-state index in [1.54, 1.807) is 19.1 Å². The van der Waals surface area contributed by atoms with Crippen LogP contribution < -0.4 is 0 Å². The van der Waals surface area contributed by atoms with E-state index in [0.717, 1.165) is 0 Å². The third-order valence-electron chi connectivity index (χ3n) is 3.82. The lowest BCUT2D eigenvalue weighted by Gasteiger charge is -2.37. The molecule has 1 aromatic carbocycles. The van der Waals surface area contributed by atoms with Gasteiger partial charge in [-0.25, -0.2) is 4.39 Å². The van der Waals surface area contributed by atoms with Gasteiger partial charge in [0.05, 0.1) is 12.7 Å². The van der Waals surface area contributed by atoms with Gasteiger partial charge in [0.25, 0.3) is 0 Å². The first-order valence-electron chi connectivity index (χ1n) is 7.15. The van der Waals surface area contributed by atoms with Crippen LogP contribution >= 0.6 is 11.6 Å². The Kier molecular flexibility index (Phi) is 4.42. The third-order valence-corrected chi connectivity index (χ3v) is 4.17. The summed E-state index contributed by atoms with van der Waals surface area (Å²) in [5, 5.41) is 4.25. The smallest absolute Gasteiger partial charge is 0.246 e. The summed E-state index contributed by atoms with van der Waals surface area (Å²) in [4.78, 5) is 6.36. The molecule has 1 aliphatic rings. The number of hydrogen-bond acceptors (Lipinski definition) is 5. The Labute approximate surface area is 133 Å². The Hall–Kier alpha value is -1.50. The lowest BCUT2D eigenvalue weighted by Crippen LogP contribution is -2.44. The quantitative estimate of drug-likeness (QED) is 0.867. The normalized spacial score (nSPS) is 22.9. The van der Waals surface area contributed by atoms with Crippen molar-refractivity contribution in [2.75, 3.05) is 13.2 Å². The van der Waals surface area contributed by atoms with Crippen molar-refractivity contribution in [3.8, 4) is 0 Å². The molecule has 1 saturated heterocycles. The van der Waals surface area contributed by atoms with E-state index in [4.69, 9.17) is 20.9 Å². The van der Waals surface area contributed by atoms with Crippen molar-refractivity contribution < 1.29 is 13.7 Å². The van der Waals surface area contributed by atoms with Crippen molar-refractivity contribution in [1.29, 1.82) is 0 Å². The average Bonchev–Trinajstić information content (AvgIpc) is 2.89. The lowest BCUT2D eigenvalue weighted by molar-refractivity contribution is -0.0766. The molecule has 0 saturated carbocycles. The molecule has 1 fully saturated rings. The number of benzene rings is 1. The van der Waals surface area contributed by atoms with Gasteiger partial charge in [0, 0.05) is 23.7 Å². The van der Waals surface area contributed by atoms with Gasteiger partial charge >= 0.3 is 0 Å². The Morgan fingerprint density at radius 1 is 1.45 bits per heavy atom. The van der Waals surface area contributed by atoms with E-state index in [0.29, 0.717) is 42.0 Å². The molecular weight excluding hydrogens is 309 g/mol. The molecule has 7 heteroatoms. The number of ether oxygens (including phenoxy) is 1. The van der Waals surface area contributed by atoms with Crippen LogP contribution in [0.5, 0.6) is 0 Å². The fourth-order valence-electron chi connectivity index (χ4n) is 2.74. The van der Waals surface area contributed by atoms with Gasteiger partial charge < -0.3 is 9.26 Å². The predicted octanol–water partition coefficient (Wildman–Crippen LogP) is 3.13. The van der Waals surface area contributed by atoms with Crippen LogP contribution in [-0.4, -0.2) is 34.3 Å². The highest BCUT2D eigenvalue weighted by molar-refractivity contribution is 6.31. The molecule has 0 amide bonds. The zero-order valence-corrected chi connectivity index (χ0v) is 13.2. The SMILES string of the molecule is Cc1noc([C@@H]2[C@@H](C)OCCN2Cc2c(F)cccc2Cl)n1. The van der Waals surface area contributed by atoms with Crippen LogP contribution in [0.1, 0.15) is 30.2 Å². The molecule has 22 heavy (non-hydrogen) atoms. The highest BCUT2D eigenvalue weighted by atomic mass is 35.5. The van der Waals surface area contributed by atoms with Crippen molar-refractivity contribution in [2.45, 2.75) is 32.5 Å². The number of morpholine rings is 1. The molecular formula is C15H17ClFN3O2. The topological polar surface area (TPSA) is 51.4 Å². The average molecular weight is 326 g/mol. The summed E-state index contributed by atoms with van der Waals surface area (Å²) in [6.07, 6.45) is -0.126. The van der Waals surface area contributed by atoms with Gasteiger partial charge in [0.1, 0.15) is 11.9 Å². The van der Waals surface area contributed by atoms with Crippen molar-refractivity contribution in [3.63, 3.8) is 0 Å². The van der Waals surface area contributed by atoms with Crippen molar-refractivity contribution in [3.05, 3.63) is 46.3 Å². The van der Waals surface area contributed by atoms with Gasteiger partial charge in [0.2, 0.25) is 5.89 Å². The van der Waals surface area contributed by atoms with Crippen LogP contribution in [0.3, 0.4) is 0 Å². The van der Waals surface area contributed by atoms with E-state index in [-0.39, 0.29) is 18.0 Å². The van der Waals surface area contributed by atoms with Gasteiger partial charge in [-0.1, -0.05) is 22.8 Å². The first kappa shape index (κ1) is 15.4. The predicted molar refractivity (Wildman–Crippen MR) is 79.0 cm³/mol. The fourth-order valence-corrected chi connectivity index (χ4v) is 2.96. The fraction of sp³-hybridized carbons (Fsp3) is 0.467. The molecule has 1 aliphatic heterocycles. The van der Waals surface area contributed by atoms with Gasteiger partial charge in [-0.2, -0.15) is 4.98 Å². The maximum atomic E-state index is 14.0. The molecule has 0 unspecified atom stereocenters. The molecule has 5 nitrogen and oxygen atoms in total. The van der Waals surface area contributed by atoms with Gasteiger partial charge in [-0.15, -0.1) is 0 Å². The van der Waals surface area contributed by atoms with E-state index >= 15 is 0 Å². The number of nitrogens with zero attached hydrogens (tertiary/aromatic N) is 3. The van der Waals surface area contributed by atoms with Crippen molar-refractivity contribution in [1.82, 2.24) is 15.0 Å². The second-order valence-corrected chi connectivity index (χ2v) is 5.78. The zero-order valence-electron chi connectivity index (χ0n) is 12.4. The maximum Gasteiger partial charge on any atom is 0.246 e. The zero-order chi connectivity index (χ0) is 15.7. The van der Waals surface area contributed by atoms with Gasteiger partial charge in [-0.3, -0.25) is 4.90 Å². The number of aryl methyl sites for hydroxylation is 1. The minimum absolute atomic E-state index is 0.126. The molecule has 0 N–H and O–H groups in total. The van der Waals surface area contributed by atoms with E-state index in [1.165, 1.54) is 6.07 Å². The minimum atomic E-state index is -0.313. The summed E-state index contributed by atoms with van der Waals surface area (Å²) in [5.41, 5.74) is 0.472. The number of aromatic nitrogens is 2. The Morgan fingerprint density at radius 2 is 2.27 bits per heavy atom. The Balaban J connectivity index is 1.90. The molecule has 0 spiro atoms. The molecule has 2 heterocycles. The standard InChI is InChI=1S/C15H17ClFN3O2/c1-9-14(15-18-10(2)19-22-15)20(6-7-21-9)8-11-12(16)4-3-5-13(11)17/h3-5,9,14H,6-8H2,1-2H3/t9-,14+/m1/s1. The molecule has 2 aromatic rings. The number of halogens is 2. The number of rotatable bonds is 3. The Bertz CT molecular complexity index is 644. The lowest BCUT2D eigenvalue weighted by atomic mass is 10.1. The largest absolute Gasteiger partial charge is 0.375 e. The molecule has 118 valence electrons. The van der Waals surface area contributed by atoms with Crippen LogP contribution in [0.15, 0.2) is 22.7 Å². The van der Waals surface area contributed by atoms with Gasteiger partial charge in [-0.05, 0) is 26.0 Å². The molecule has 0 aliphatic carbocycles. The molecule has 0 bridgehead atoms. The first-order valence-corrected chi connectivity index (χ1v) is 7.53. The van der Waals surface area contributed by atoms with Gasteiger partial charge in [0.15, 0.2) is 5.82 Å². The Morgan fingerprint density at radius 3 is 2.95 bits per heavy atom. The second-order valence-electron chi connectivity index (χ2n) is 5.37. The van der Waals surface area contributed by atoms with Crippen molar-refractivity contribution >= 4 is 11.6 Å². The summed E-state index contributed by atoms with van der Waals surface area (Å²) in [5.74, 6) is 0.737. The summed E-state index contributed by atoms with van der Waals surface area (Å²) in [6, 6.07) is 4.49. The van der Waals surface area contributed by atoms with Crippen molar-refractivity contribution in [2.24, 2.45) is 0 Å². The summed E-state index contributed by atoms with van der Waals surface area (Å²) < 4.78 is 25.0. The summed E-state index contributed by atoms with van der Waals surface area (Å²) in [7, 11) is 0. The highest BCUT2D eigenvalue weighted by Crippen LogP contribution is 2.31. The summed E-state index contributed by atoms with van der Waals surface area (Å²) in [6.45, 7) is 5.28. The minimum Gasteiger partial charge on any atom is -0.375 e. The van der Waals surface area contributed by atoms with Crippen LogP contribution in [0.2, 0.25) is 5.02 Å². The maximum absolute atomic E-state index is 14.0. The highest BCUT2D eigenvalue weighted by Gasteiger charge is 2.35. The molecule has 1 aromatic heterocycles. The van der Waals surface area contributed by atoms with Crippen LogP contribution in [0.25, 0.3) is 0 Å². The molecule has 2 atom stereocenters. The van der Waals surface area contributed by atoms with E-state index < -0.39 is 0 Å². The van der Waals surface area contributed by atoms with E-state index in [1.807, 2.05) is 6.92 Å². The summed E-state index contributed by atoms with van der Waals surface area (Å²) >= 11 is 6.13. The van der Waals surface area contributed by atoms with Crippen LogP contribution in [0.4, 0.5) is 4.39 Å². The molecule has 0 radical (unpaired) electrons. The number of hydrogen-bond donors (Lipinski definition) is 0. The monoisotopic (exact) mass is 325 g/mol. The van der Waals surface area contributed by atoms with Crippen LogP contribution in [-0.2, 0) is 11.3 Å².